The van der Waals surface area contributed by atoms with Gasteiger partial charge in [-0.3, -0.25) is 0 Å². The maximum Gasteiger partial charge on any atom is 0.135 e. The molecule has 1 aliphatic rings. The van der Waals surface area contributed by atoms with Crippen LogP contribution in [0.3, 0.4) is 0 Å². The number of benzene rings is 1. The second-order valence-electron chi connectivity index (χ2n) is 5.31. The number of nitrogens with one attached hydrogen (secondary N) is 1. The number of anilines is 1. The number of rotatable bonds is 5. The van der Waals surface area contributed by atoms with Crippen LogP contribution in [-0.4, -0.2) is 16.5 Å². The van der Waals surface area contributed by atoms with Crippen molar-refractivity contribution in [1.82, 2.24) is 9.97 Å². The molecular weight excluding hydrogens is 270 g/mol. The fraction of sp³-hybridized carbons (Fsp3) is 0.375. The van der Waals surface area contributed by atoms with Crippen LogP contribution in [-0.2, 0) is 6.42 Å². The Morgan fingerprint density at radius 2 is 2.05 bits per heavy atom. The minimum Gasteiger partial charge on any atom is -0.370 e. The van der Waals surface area contributed by atoms with Gasteiger partial charge in [-0.2, -0.15) is 0 Å². The molecule has 1 aliphatic carbocycles. The van der Waals surface area contributed by atoms with Crippen LogP contribution in [0.1, 0.15) is 35.7 Å². The third kappa shape index (κ3) is 3.28. The van der Waals surface area contributed by atoms with Crippen molar-refractivity contribution in [3.63, 3.8) is 0 Å². The third-order valence-corrected chi connectivity index (χ3v) is 3.81. The molecule has 1 saturated carbocycles. The van der Waals surface area contributed by atoms with E-state index in [4.69, 9.17) is 11.6 Å². The van der Waals surface area contributed by atoms with Crippen molar-refractivity contribution >= 4 is 17.4 Å². The summed E-state index contributed by atoms with van der Waals surface area (Å²) in [6.07, 6.45) is 3.35. The lowest BCUT2D eigenvalue weighted by Crippen LogP contribution is -2.08. The zero-order chi connectivity index (χ0) is 13.9. The molecule has 20 heavy (non-hydrogen) atoms. The topological polar surface area (TPSA) is 37.8 Å². The molecule has 0 bridgehead atoms. The van der Waals surface area contributed by atoms with Gasteiger partial charge in [-0.05, 0) is 37.3 Å². The zero-order valence-corrected chi connectivity index (χ0v) is 12.3. The average molecular weight is 288 g/mol. The molecule has 1 heterocycles. The summed E-state index contributed by atoms with van der Waals surface area (Å²) in [7, 11) is 0. The summed E-state index contributed by atoms with van der Waals surface area (Å²) in [5.41, 5.74) is 2.69. The molecule has 0 unspecified atom stereocenters. The summed E-state index contributed by atoms with van der Waals surface area (Å²) < 4.78 is 0. The van der Waals surface area contributed by atoms with Crippen LogP contribution >= 0.6 is 11.6 Å². The number of aryl methyl sites for hydroxylation is 1. The summed E-state index contributed by atoms with van der Waals surface area (Å²) in [6.45, 7) is 2.99. The lowest BCUT2D eigenvalue weighted by atomic mass is 10.1. The molecule has 104 valence electrons. The first-order valence-corrected chi connectivity index (χ1v) is 7.43. The molecule has 0 radical (unpaired) electrons. The summed E-state index contributed by atoms with van der Waals surface area (Å²) in [4.78, 5) is 8.83. The van der Waals surface area contributed by atoms with Gasteiger partial charge in [-0.15, -0.1) is 0 Å². The van der Waals surface area contributed by atoms with E-state index in [0.717, 1.165) is 24.6 Å². The lowest BCUT2D eigenvalue weighted by Gasteiger charge is -2.09. The summed E-state index contributed by atoms with van der Waals surface area (Å²) in [6, 6.07) is 10.3. The van der Waals surface area contributed by atoms with E-state index < -0.39 is 0 Å². The highest BCUT2D eigenvalue weighted by atomic mass is 35.5. The van der Waals surface area contributed by atoms with E-state index in [9.17, 15) is 0 Å². The van der Waals surface area contributed by atoms with Crippen molar-refractivity contribution in [2.24, 2.45) is 0 Å². The van der Waals surface area contributed by atoms with Crippen molar-refractivity contribution in [1.29, 1.82) is 0 Å². The van der Waals surface area contributed by atoms with E-state index in [1.54, 1.807) is 6.07 Å². The van der Waals surface area contributed by atoms with Crippen LogP contribution in [0.5, 0.6) is 0 Å². The molecule has 3 nitrogen and oxygen atoms in total. The molecule has 0 amide bonds. The van der Waals surface area contributed by atoms with Crippen LogP contribution in [0.4, 0.5) is 5.82 Å². The van der Waals surface area contributed by atoms with E-state index >= 15 is 0 Å². The van der Waals surface area contributed by atoms with E-state index in [1.807, 2.05) is 0 Å². The van der Waals surface area contributed by atoms with E-state index in [-0.39, 0.29) is 0 Å². The van der Waals surface area contributed by atoms with Gasteiger partial charge in [0.25, 0.3) is 0 Å². The van der Waals surface area contributed by atoms with Crippen molar-refractivity contribution < 1.29 is 0 Å². The average Bonchev–Trinajstić information content (AvgIpc) is 3.25. The van der Waals surface area contributed by atoms with Gasteiger partial charge in [-0.1, -0.05) is 35.9 Å². The first kappa shape index (κ1) is 13.4. The molecule has 0 aliphatic heterocycles. The monoisotopic (exact) mass is 287 g/mol. The molecule has 1 aromatic carbocycles. The van der Waals surface area contributed by atoms with Gasteiger partial charge >= 0.3 is 0 Å². The fourth-order valence-corrected chi connectivity index (χ4v) is 2.46. The third-order valence-electron chi connectivity index (χ3n) is 3.62. The highest BCUT2D eigenvalue weighted by Gasteiger charge is 2.27. The second-order valence-corrected chi connectivity index (χ2v) is 5.70. The maximum absolute atomic E-state index is 6.05. The molecule has 2 aromatic rings. The van der Waals surface area contributed by atoms with E-state index in [0.29, 0.717) is 11.1 Å². The zero-order valence-electron chi connectivity index (χ0n) is 11.6. The number of aromatic nitrogens is 2. The molecule has 4 heteroatoms. The number of halogens is 1. The molecule has 0 spiro atoms. The number of hydrogen-bond acceptors (Lipinski definition) is 3. The van der Waals surface area contributed by atoms with Gasteiger partial charge in [-0.25, -0.2) is 9.97 Å². The quantitative estimate of drug-likeness (QED) is 0.846. The Labute approximate surface area is 124 Å². The van der Waals surface area contributed by atoms with Gasteiger partial charge in [0.05, 0.1) is 0 Å². The second kappa shape index (κ2) is 5.80. The largest absolute Gasteiger partial charge is 0.370 e. The normalized spacial score (nSPS) is 14.3. The summed E-state index contributed by atoms with van der Waals surface area (Å²) >= 11 is 6.05. The van der Waals surface area contributed by atoms with Crippen molar-refractivity contribution in [3.05, 3.63) is 52.4 Å². The van der Waals surface area contributed by atoms with Crippen LogP contribution in [0.2, 0.25) is 5.15 Å². The van der Waals surface area contributed by atoms with Gasteiger partial charge in [0.15, 0.2) is 0 Å². The summed E-state index contributed by atoms with van der Waals surface area (Å²) in [5.74, 6) is 2.24. The predicted molar refractivity (Wildman–Crippen MR) is 82.4 cm³/mol. The van der Waals surface area contributed by atoms with Gasteiger partial charge < -0.3 is 5.32 Å². The molecule has 0 saturated heterocycles. The molecule has 1 N–H and O–H groups in total. The Morgan fingerprint density at radius 3 is 2.80 bits per heavy atom. The number of nitrogens with zero attached hydrogens (tertiary/aromatic N) is 2. The van der Waals surface area contributed by atoms with E-state index in [1.165, 1.54) is 24.0 Å². The summed E-state index contributed by atoms with van der Waals surface area (Å²) in [5, 5.41) is 3.88. The molecule has 1 fully saturated rings. The van der Waals surface area contributed by atoms with Gasteiger partial charge in [0.2, 0.25) is 0 Å². The van der Waals surface area contributed by atoms with Crippen molar-refractivity contribution in [2.75, 3.05) is 11.9 Å². The first-order chi connectivity index (χ1) is 9.72. The minimum atomic E-state index is 0.519. The number of hydrogen-bond donors (Lipinski definition) is 1. The Balaban J connectivity index is 1.62. The predicted octanol–water partition coefficient (Wildman–Crippen LogP) is 3.97. The SMILES string of the molecule is Cc1ccccc1CCNc1cc(Cl)nc(C2CC2)n1. The molecule has 0 atom stereocenters. The maximum atomic E-state index is 6.05. The van der Waals surface area contributed by atoms with Crippen molar-refractivity contribution in [3.8, 4) is 0 Å². The molecule has 1 aromatic heterocycles. The Bertz CT molecular complexity index is 608. The Kier molecular flexibility index (Phi) is 3.88. The molecular formula is C16H18ClN3. The van der Waals surface area contributed by atoms with E-state index in [2.05, 4.69) is 46.5 Å². The Morgan fingerprint density at radius 1 is 1.25 bits per heavy atom. The van der Waals surface area contributed by atoms with Crippen LogP contribution in [0, 0.1) is 6.92 Å². The van der Waals surface area contributed by atoms with Crippen LogP contribution < -0.4 is 5.32 Å². The van der Waals surface area contributed by atoms with Crippen LogP contribution in [0.25, 0.3) is 0 Å². The van der Waals surface area contributed by atoms with Gasteiger partial charge in [0, 0.05) is 18.5 Å². The highest BCUT2D eigenvalue weighted by Crippen LogP contribution is 2.38. The Hall–Kier alpha value is -1.61. The smallest absolute Gasteiger partial charge is 0.135 e. The fourth-order valence-electron chi connectivity index (χ4n) is 2.27. The van der Waals surface area contributed by atoms with Crippen molar-refractivity contribution in [2.45, 2.75) is 32.1 Å². The standard InChI is InChI=1S/C16H18ClN3/c1-11-4-2-3-5-12(11)8-9-18-15-10-14(17)19-16(20-15)13-6-7-13/h2-5,10,13H,6-9H2,1H3,(H,18,19,20). The highest BCUT2D eigenvalue weighted by molar-refractivity contribution is 6.29. The van der Waals surface area contributed by atoms with Crippen LogP contribution in [0.15, 0.2) is 30.3 Å². The minimum absolute atomic E-state index is 0.519. The van der Waals surface area contributed by atoms with Gasteiger partial charge in [0.1, 0.15) is 16.8 Å². The first-order valence-electron chi connectivity index (χ1n) is 7.05. The lowest BCUT2D eigenvalue weighted by molar-refractivity contribution is 0.914. The molecule has 3 rings (SSSR count).